The quantitative estimate of drug-likeness (QED) is 0.713. The van der Waals surface area contributed by atoms with Crippen molar-refractivity contribution >= 4 is 17.9 Å². The number of carboxylic acid groups (broad SMARTS) is 1. The van der Waals surface area contributed by atoms with Crippen molar-refractivity contribution in [1.29, 1.82) is 0 Å². The Balaban J connectivity index is 1.96. The highest BCUT2D eigenvalue weighted by Crippen LogP contribution is 2.24. The third kappa shape index (κ3) is 3.28. The molecule has 126 valence electrons. The molecule has 6 nitrogen and oxygen atoms in total. The van der Waals surface area contributed by atoms with Gasteiger partial charge in [-0.25, -0.2) is 9.78 Å². The molecule has 0 radical (unpaired) electrons. The third-order valence-electron chi connectivity index (χ3n) is 3.91. The number of carbonyl (C=O) groups is 1. The second-order valence-corrected chi connectivity index (χ2v) is 5.61. The average molecular weight is 335 g/mol. The van der Waals surface area contributed by atoms with E-state index in [-0.39, 0.29) is 11.3 Å². The Morgan fingerprint density at radius 2 is 2.00 bits per heavy atom. The van der Waals surface area contributed by atoms with E-state index in [2.05, 4.69) is 9.98 Å². The van der Waals surface area contributed by atoms with Crippen molar-refractivity contribution < 1.29 is 15.0 Å². The first-order valence-corrected chi connectivity index (χ1v) is 7.68. The largest absolute Gasteiger partial charge is 0.507 e. The van der Waals surface area contributed by atoms with E-state index in [1.165, 1.54) is 12.1 Å². The Labute approximate surface area is 144 Å². The summed E-state index contributed by atoms with van der Waals surface area (Å²) in [5, 5.41) is 18.6. The van der Waals surface area contributed by atoms with Gasteiger partial charge >= 0.3 is 5.97 Å². The van der Waals surface area contributed by atoms with E-state index in [0.717, 1.165) is 22.8 Å². The molecule has 0 spiro atoms. The molecule has 0 amide bonds. The lowest BCUT2D eigenvalue weighted by atomic mass is 10.2. The van der Waals surface area contributed by atoms with Crippen molar-refractivity contribution in [2.75, 3.05) is 0 Å². The molecule has 0 aliphatic rings. The van der Waals surface area contributed by atoms with E-state index < -0.39 is 5.97 Å². The van der Waals surface area contributed by atoms with E-state index in [0.29, 0.717) is 5.69 Å². The van der Waals surface area contributed by atoms with Crippen LogP contribution in [0, 0.1) is 13.8 Å². The summed E-state index contributed by atoms with van der Waals surface area (Å²) in [6.45, 7) is 3.96. The van der Waals surface area contributed by atoms with Gasteiger partial charge in [0, 0.05) is 29.4 Å². The standard InChI is InChI=1S/C19H17N3O3/c1-12-9-14(13(2)22(12)18-5-3-4-8-20-18)11-21-15-6-7-17(23)16(10-15)19(24)25/h3-11,23H,1-2H3,(H,24,25). The number of phenols is 1. The van der Waals surface area contributed by atoms with Gasteiger partial charge in [0.2, 0.25) is 0 Å². The average Bonchev–Trinajstić information content (AvgIpc) is 2.88. The van der Waals surface area contributed by atoms with Crippen LogP contribution < -0.4 is 0 Å². The van der Waals surface area contributed by atoms with Crippen molar-refractivity contribution in [3.05, 3.63) is 71.2 Å². The van der Waals surface area contributed by atoms with Gasteiger partial charge in [-0.05, 0) is 50.2 Å². The number of hydrogen-bond acceptors (Lipinski definition) is 4. The summed E-state index contributed by atoms with van der Waals surface area (Å²) < 4.78 is 2.03. The summed E-state index contributed by atoms with van der Waals surface area (Å²) in [6.07, 6.45) is 3.42. The Hall–Kier alpha value is -3.41. The second-order valence-electron chi connectivity index (χ2n) is 5.61. The molecule has 0 atom stereocenters. The highest BCUT2D eigenvalue weighted by molar-refractivity contribution is 5.92. The van der Waals surface area contributed by atoms with Crippen LogP contribution in [0.2, 0.25) is 0 Å². The number of rotatable bonds is 4. The number of aromatic carboxylic acids is 1. The maximum atomic E-state index is 11.1. The van der Waals surface area contributed by atoms with Gasteiger partial charge in [0.25, 0.3) is 0 Å². The van der Waals surface area contributed by atoms with Gasteiger partial charge < -0.3 is 14.8 Å². The number of aromatic nitrogens is 2. The monoisotopic (exact) mass is 335 g/mol. The first kappa shape index (κ1) is 16.4. The number of nitrogens with zero attached hydrogens (tertiary/aromatic N) is 3. The van der Waals surface area contributed by atoms with Crippen molar-refractivity contribution in [3.8, 4) is 11.6 Å². The lowest BCUT2D eigenvalue weighted by Crippen LogP contribution is -2.01. The molecule has 0 aliphatic carbocycles. The molecule has 0 fully saturated rings. The molecule has 25 heavy (non-hydrogen) atoms. The van der Waals surface area contributed by atoms with Crippen LogP contribution in [0.3, 0.4) is 0 Å². The number of carboxylic acids is 1. The molecule has 0 saturated carbocycles. The molecule has 2 aromatic heterocycles. The lowest BCUT2D eigenvalue weighted by molar-refractivity contribution is 0.0694. The molecule has 2 N–H and O–H groups in total. The van der Waals surface area contributed by atoms with Crippen LogP contribution in [-0.4, -0.2) is 31.9 Å². The fraction of sp³-hybridized carbons (Fsp3) is 0.105. The van der Waals surface area contributed by atoms with Crippen LogP contribution in [0.15, 0.2) is 53.7 Å². The molecule has 0 aliphatic heterocycles. The summed E-state index contributed by atoms with van der Waals surface area (Å²) in [4.78, 5) is 19.8. The highest BCUT2D eigenvalue weighted by atomic mass is 16.4. The maximum Gasteiger partial charge on any atom is 0.339 e. The zero-order chi connectivity index (χ0) is 18.0. The molecule has 2 heterocycles. The lowest BCUT2D eigenvalue weighted by Gasteiger charge is -2.07. The summed E-state index contributed by atoms with van der Waals surface area (Å²) >= 11 is 0. The molecule has 3 aromatic rings. The number of pyridine rings is 1. The van der Waals surface area contributed by atoms with Gasteiger partial charge in [0.15, 0.2) is 0 Å². The number of aliphatic imine (C=N–C) groups is 1. The fourth-order valence-corrected chi connectivity index (χ4v) is 2.68. The van der Waals surface area contributed by atoms with E-state index in [4.69, 9.17) is 5.11 Å². The molecule has 3 rings (SSSR count). The number of benzene rings is 1. The van der Waals surface area contributed by atoms with Gasteiger partial charge in [-0.1, -0.05) is 6.07 Å². The zero-order valence-corrected chi connectivity index (χ0v) is 13.8. The Bertz CT molecular complexity index is 960. The molecular weight excluding hydrogens is 318 g/mol. The van der Waals surface area contributed by atoms with E-state index in [9.17, 15) is 9.90 Å². The Morgan fingerprint density at radius 3 is 2.68 bits per heavy atom. The first-order valence-electron chi connectivity index (χ1n) is 7.68. The predicted molar refractivity (Wildman–Crippen MR) is 95.4 cm³/mol. The molecule has 0 bridgehead atoms. The smallest absolute Gasteiger partial charge is 0.339 e. The third-order valence-corrected chi connectivity index (χ3v) is 3.91. The topological polar surface area (TPSA) is 87.7 Å². The van der Waals surface area contributed by atoms with Crippen molar-refractivity contribution in [1.82, 2.24) is 9.55 Å². The van der Waals surface area contributed by atoms with Crippen LogP contribution in [0.1, 0.15) is 27.3 Å². The van der Waals surface area contributed by atoms with Crippen molar-refractivity contribution in [2.24, 2.45) is 4.99 Å². The van der Waals surface area contributed by atoms with Gasteiger partial charge in [-0.2, -0.15) is 0 Å². The fourth-order valence-electron chi connectivity index (χ4n) is 2.68. The Morgan fingerprint density at radius 1 is 1.20 bits per heavy atom. The van der Waals surface area contributed by atoms with Gasteiger partial charge in [0.05, 0.1) is 5.69 Å². The molecule has 0 unspecified atom stereocenters. The minimum absolute atomic E-state index is 0.173. The van der Waals surface area contributed by atoms with E-state index in [1.54, 1.807) is 18.5 Å². The summed E-state index contributed by atoms with van der Waals surface area (Å²) in [6, 6.07) is 11.9. The van der Waals surface area contributed by atoms with Gasteiger partial charge in [-0.15, -0.1) is 0 Å². The minimum Gasteiger partial charge on any atom is -0.507 e. The van der Waals surface area contributed by atoms with Gasteiger partial charge in [0.1, 0.15) is 17.1 Å². The van der Waals surface area contributed by atoms with Crippen LogP contribution in [0.4, 0.5) is 5.69 Å². The van der Waals surface area contributed by atoms with E-state index >= 15 is 0 Å². The van der Waals surface area contributed by atoms with Crippen molar-refractivity contribution in [3.63, 3.8) is 0 Å². The Kier molecular flexibility index (Phi) is 4.35. The molecule has 1 aromatic carbocycles. The van der Waals surface area contributed by atoms with Gasteiger partial charge in [-0.3, -0.25) is 4.99 Å². The zero-order valence-electron chi connectivity index (χ0n) is 13.8. The summed E-state index contributed by atoms with van der Waals surface area (Å²) in [5.74, 6) is -0.641. The normalized spacial score (nSPS) is 11.1. The van der Waals surface area contributed by atoms with Crippen LogP contribution >= 0.6 is 0 Å². The summed E-state index contributed by atoms with van der Waals surface area (Å²) in [7, 11) is 0. The highest BCUT2D eigenvalue weighted by Gasteiger charge is 2.11. The van der Waals surface area contributed by atoms with Crippen molar-refractivity contribution in [2.45, 2.75) is 13.8 Å². The number of aryl methyl sites for hydroxylation is 1. The van der Waals surface area contributed by atoms with E-state index in [1.807, 2.05) is 42.7 Å². The molecule has 6 heteroatoms. The van der Waals surface area contributed by atoms with Crippen LogP contribution in [0.25, 0.3) is 5.82 Å². The first-order chi connectivity index (χ1) is 12.0. The summed E-state index contributed by atoms with van der Waals surface area (Å²) in [5.41, 5.74) is 3.20. The minimum atomic E-state index is -1.19. The number of hydrogen-bond donors (Lipinski definition) is 2. The molecular formula is C19H17N3O3. The van der Waals surface area contributed by atoms with Crippen LogP contribution in [-0.2, 0) is 0 Å². The SMILES string of the molecule is Cc1cc(C=Nc2ccc(O)c(C(=O)O)c2)c(C)n1-c1ccccn1. The predicted octanol–water partition coefficient (Wildman–Crippen LogP) is 3.64. The number of aromatic hydroxyl groups is 1. The van der Waals surface area contributed by atoms with Crippen LogP contribution in [0.5, 0.6) is 5.75 Å². The molecule has 0 saturated heterocycles. The second kappa shape index (κ2) is 6.60. The maximum absolute atomic E-state index is 11.1.